The van der Waals surface area contributed by atoms with E-state index in [0.717, 1.165) is 25.3 Å². The van der Waals surface area contributed by atoms with Crippen molar-refractivity contribution in [2.24, 2.45) is 0 Å². The van der Waals surface area contributed by atoms with Crippen LogP contribution in [0.15, 0.2) is 36.4 Å². The Bertz CT molecular complexity index is 607. The van der Waals surface area contributed by atoms with Crippen LogP contribution in [0.5, 0.6) is 0 Å². The predicted molar refractivity (Wildman–Crippen MR) is 64.0 cm³/mol. The predicted octanol–water partition coefficient (Wildman–Crippen LogP) is 2.70. The first kappa shape index (κ1) is 7.73. The second kappa shape index (κ2) is 2.53. The molecule has 1 aromatic heterocycles. The van der Waals surface area contributed by atoms with E-state index in [1.54, 1.807) is 13.9 Å². The quantitative estimate of drug-likeness (QED) is 0.438. The molecule has 0 aliphatic rings. The zero-order valence-corrected chi connectivity index (χ0v) is 10.7. The molecule has 0 aliphatic heterocycles. The summed E-state index contributed by atoms with van der Waals surface area (Å²) in [5.74, 6) is 0. The molecule has 0 radical (unpaired) electrons. The summed E-state index contributed by atoms with van der Waals surface area (Å²) >= 11 is 1.49. The molecular weight excluding hydrogens is 302 g/mol. The maximum absolute atomic E-state index is 2.34. The van der Waals surface area contributed by atoms with Gasteiger partial charge in [-0.25, -0.2) is 0 Å². The Morgan fingerprint density at radius 1 is 0.571 bits per heavy atom. The number of benzene rings is 2. The van der Waals surface area contributed by atoms with Crippen LogP contribution in [0.2, 0.25) is 0 Å². The molecule has 0 saturated heterocycles. The standard InChI is InChI=1S/C12H6Se2/c1-2-8-4-6-10-12-9(13-14-10)5-3-7(1)11(8)12/h1-6H. The fraction of sp³-hybridized carbons (Fsp3) is 0. The average Bonchev–Trinajstić information content (AvgIpc) is 2.77. The van der Waals surface area contributed by atoms with Crippen molar-refractivity contribution in [2.45, 2.75) is 0 Å². The van der Waals surface area contributed by atoms with Gasteiger partial charge in [0.1, 0.15) is 0 Å². The summed E-state index contributed by atoms with van der Waals surface area (Å²) in [7, 11) is 0. The molecule has 0 unspecified atom stereocenters. The maximum atomic E-state index is 2.34. The molecular formula is C12H6Se2. The van der Waals surface area contributed by atoms with Crippen LogP contribution in [-0.4, -0.2) is 25.3 Å². The van der Waals surface area contributed by atoms with Crippen molar-refractivity contribution >= 4 is 55.3 Å². The van der Waals surface area contributed by atoms with Gasteiger partial charge in [-0.05, 0) is 0 Å². The second-order valence-electron chi connectivity index (χ2n) is 3.56. The van der Waals surface area contributed by atoms with Crippen molar-refractivity contribution in [3.05, 3.63) is 36.4 Å². The number of hydrogen-bond donors (Lipinski definition) is 0. The van der Waals surface area contributed by atoms with Gasteiger partial charge in [-0.3, -0.25) is 0 Å². The minimum absolute atomic E-state index is 0.745. The topological polar surface area (TPSA) is 0 Å². The van der Waals surface area contributed by atoms with Gasteiger partial charge in [0.05, 0.1) is 0 Å². The molecule has 0 bridgehead atoms. The van der Waals surface area contributed by atoms with Crippen LogP contribution in [0.1, 0.15) is 0 Å². The average molecular weight is 308 g/mol. The molecule has 0 aliphatic carbocycles. The summed E-state index contributed by atoms with van der Waals surface area (Å²) in [6, 6.07) is 13.8. The Labute approximate surface area is 91.5 Å². The van der Waals surface area contributed by atoms with Crippen LogP contribution in [0.3, 0.4) is 0 Å². The first-order chi connectivity index (χ1) is 6.93. The van der Waals surface area contributed by atoms with Gasteiger partial charge in [-0.2, -0.15) is 0 Å². The molecule has 3 aromatic carbocycles. The molecule has 0 fully saturated rings. The van der Waals surface area contributed by atoms with Crippen LogP contribution in [0, 0.1) is 0 Å². The Morgan fingerprint density at radius 3 is 1.64 bits per heavy atom. The van der Waals surface area contributed by atoms with Crippen LogP contribution >= 0.6 is 0 Å². The van der Waals surface area contributed by atoms with Crippen LogP contribution in [-0.2, 0) is 0 Å². The van der Waals surface area contributed by atoms with E-state index in [-0.39, 0.29) is 0 Å². The molecule has 66 valence electrons. The Morgan fingerprint density at radius 2 is 1.07 bits per heavy atom. The van der Waals surface area contributed by atoms with Gasteiger partial charge < -0.3 is 0 Å². The van der Waals surface area contributed by atoms with E-state index in [4.69, 9.17) is 0 Å². The third-order valence-electron chi connectivity index (χ3n) is 2.81. The van der Waals surface area contributed by atoms with E-state index < -0.39 is 0 Å². The summed E-state index contributed by atoms with van der Waals surface area (Å²) in [5.41, 5.74) is 0. The SMILES string of the molecule is c1cc2ccc3[se][se]c4ccc1c2c43. The van der Waals surface area contributed by atoms with Crippen molar-refractivity contribution in [2.75, 3.05) is 0 Å². The van der Waals surface area contributed by atoms with Crippen molar-refractivity contribution in [3.8, 4) is 0 Å². The fourth-order valence-corrected chi connectivity index (χ4v) is 9.62. The zero-order valence-electron chi connectivity index (χ0n) is 7.28. The third kappa shape index (κ3) is 0.809. The van der Waals surface area contributed by atoms with E-state index in [1.165, 1.54) is 16.2 Å². The minimum atomic E-state index is 0.745. The summed E-state index contributed by atoms with van der Waals surface area (Å²) in [4.78, 5) is 0. The van der Waals surface area contributed by atoms with Crippen LogP contribution in [0.25, 0.3) is 30.1 Å². The third-order valence-corrected chi connectivity index (χ3v) is 9.99. The van der Waals surface area contributed by atoms with Crippen molar-refractivity contribution in [1.82, 2.24) is 0 Å². The number of hydrogen-bond acceptors (Lipinski definition) is 0. The molecule has 0 atom stereocenters. The molecule has 4 rings (SSSR count). The Kier molecular flexibility index (Phi) is 1.40. The van der Waals surface area contributed by atoms with Gasteiger partial charge in [0.25, 0.3) is 0 Å². The monoisotopic (exact) mass is 310 g/mol. The zero-order chi connectivity index (χ0) is 9.12. The Hall–Kier alpha value is -0.521. The van der Waals surface area contributed by atoms with Gasteiger partial charge in [0, 0.05) is 0 Å². The first-order valence-corrected chi connectivity index (χ1v) is 10.6. The van der Waals surface area contributed by atoms with E-state index in [9.17, 15) is 0 Å². The molecule has 4 aromatic rings. The van der Waals surface area contributed by atoms with Gasteiger partial charge >= 0.3 is 91.7 Å². The van der Waals surface area contributed by atoms with Crippen LogP contribution in [0.4, 0.5) is 0 Å². The molecule has 2 heteroatoms. The van der Waals surface area contributed by atoms with E-state index in [2.05, 4.69) is 36.4 Å². The van der Waals surface area contributed by atoms with Crippen LogP contribution < -0.4 is 0 Å². The van der Waals surface area contributed by atoms with E-state index in [1.807, 2.05) is 0 Å². The fourth-order valence-electron chi connectivity index (χ4n) is 2.17. The van der Waals surface area contributed by atoms with Crippen molar-refractivity contribution in [1.29, 1.82) is 0 Å². The second-order valence-corrected chi connectivity index (χ2v) is 9.73. The Balaban J connectivity index is 2.59. The van der Waals surface area contributed by atoms with Gasteiger partial charge in [-0.1, -0.05) is 0 Å². The number of rotatable bonds is 0. The molecule has 0 saturated carbocycles. The summed E-state index contributed by atoms with van der Waals surface area (Å²) in [6.07, 6.45) is 0. The molecule has 1 heterocycles. The van der Waals surface area contributed by atoms with Crippen molar-refractivity contribution in [3.63, 3.8) is 0 Å². The summed E-state index contributed by atoms with van der Waals surface area (Å²) in [6.45, 7) is 0. The first-order valence-electron chi connectivity index (χ1n) is 4.56. The summed E-state index contributed by atoms with van der Waals surface area (Å²) < 4.78 is 3.27. The van der Waals surface area contributed by atoms with Crippen molar-refractivity contribution < 1.29 is 0 Å². The molecule has 14 heavy (non-hydrogen) atoms. The normalized spacial score (nSPS) is 12.3. The van der Waals surface area contributed by atoms with Gasteiger partial charge in [-0.15, -0.1) is 0 Å². The molecule has 0 spiro atoms. The molecule has 0 nitrogen and oxygen atoms in total. The molecule has 0 amide bonds. The van der Waals surface area contributed by atoms with Gasteiger partial charge in [0.15, 0.2) is 0 Å². The van der Waals surface area contributed by atoms with Gasteiger partial charge in [0.2, 0.25) is 0 Å². The molecule has 0 N–H and O–H groups in total. The summed E-state index contributed by atoms with van der Waals surface area (Å²) in [5, 5.41) is 5.98. The van der Waals surface area contributed by atoms with E-state index >= 15 is 0 Å². The van der Waals surface area contributed by atoms with E-state index in [0.29, 0.717) is 0 Å².